The second kappa shape index (κ2) is 7.12. The fraction of sp³-hybridized carbons (Fsp3) is 0.222. The van der Waals surface area contributed by atoms with Gasteiger partial charge in [0.15, 0.2) is 0 Å². The first kappa shape index (κ1) is 16.6. The number of benzene rings is 1. The van der Waals surface area contributed by atoms with Gasteiger partial charge in [-0.05, 0) is 36.2 Å². The first-order valence-corrected chi connectivity index (χ1v) is 7.82. The van der Waals surface area contributed by atoms with Gasteiger partial charge in [-0.15, -0.1) is 0 Å². The summed E-state index contributed by atoms with van der Waals surface area (Å²) in [5.41, 5.74) is 1.89. The molecule has 1 aliphatic rings. The molecule has 2 N–H and O–H groups in total. The Labute approximate surface area is 144 Å². The molecule has 3 rings (SSSR count). The standard InChI is InChI=1S/C18H17N3O4/c1-25-18(24)12-7-8-19-15(10-12)17(23)20-13-4-2-3-11(9-13)14-5-6-16(22)21-14/h2-4,7-10,14H,5-6H2,1H3,(H,20,23)(H,21,22). The van der Waals surface area contributed by atoms with Crippen LogP contribution in [0.4, 0.5) is 5.69 Å². The second-order valence-corrected chi connectivity index (χ2v) is 5.66. The number of pyridine rings is 1. The Morgan fingerprint density at radius 3 is 2.84 bits per heavy atom. The SMILES string of the molecule is COC(=O)c1ccnc(C(=O)Nc2cccc(C3CCC(=O)N3)c2)c1. The molecule has 7 nitrogen and oxygen atoms in total. The summed E-state index contributed by atoms with van der Waals surface area (Å²) in [5.74, 6) is -0.933. The Morgan fingerprint density at radius 2 is 2.12 bits per heavy atom. The summed E-state index contributed by atoms with van der Waals surface area (Å²) in [5, 5.41) is 5.64. The smallest absolute Gasteiger partial charge is 0.337 e. The van der Waals surface area contributed by atoms with Gasteiger partial charge in [-0.1, -0.05) is 12.1 Å². The lowest BCUT2D eigenvalue weighted by molar-refractivity contribution is -0.119. The number of hydrogen-bond acceptors (Lipinski definition) is 5. The molecule has 2 heterocycles. The number of ether oxygens (including phenoxy) is 1. The van der Waals surface area contributed by atoms with Crippen LogP contribution in [0.25, 0.3) is 0 Å². The van der Waals surface area contributed by atoms with E-state index in [9.17, 15) is 14.4 Å². The number of anilines is 1. The van der Waals surface area contributed by atoms with Crippen LogP contribution in [0.15, 0.2) is 42.6 Å². The van der Waals surface area contributed by atoms with Crippen molar-refractivity contribution < 1.29 is 19.1 Å². The molecule has 1 saturated heterocycles. The molecule has 0 radical (unpaired) electrons. The Hall–Kier alpha value is -3.22. The first-order chi connectivity index (χ1) is 12.1. The highest BCUT2D eigenvalue weighted by molar-refractivity contribution is 6.04. The van der Waals surface area contributed by atoms with E-state index >= 15 is 0 Å². The number of carbonyl (C=O) groups excluding carboxylic acids is 3. The van der Waals surface area contributed by atoms with Crippen LogP contribution in [0, 0.1) is 0 Å². The highest BCUT2D eigenvalue weighted by Crippen LogP contribution is 2.25. The summed E-state index contributed by atoms with van der Waals surface area (Å²) in [7, 11) is 1.27. The summed E-state index contributed by atoms with van der Waals surface area (Å²) in [6.07, 6.45) is 2.62. The van der Waals surface area contributed by atoms with Crippen molar-refractivity contribution in [1.82, 2.24) is 10.3 Å². The van der Waals surface area contributed by atoms with Crippen molar-refractivity contribution in [3.05, 3.63) is 59.4 Å². The normalized spacial score (nSPS) is 16.2. The van der Waals surface area contributed by atoms with Crippen molar-refractivity contribution in [1.29, 1.82) is 0 Å². The maximum Gasteiger partial charge on any atom is 0.337 e. The minimum Gasteiger partial charge on any atom is -0.465 e. The molecule has 1 atom stereocenters. The number of nitrogens with one attached hydrogen (secondary N) is 2. The molecule has 1 aromatic carbocycles. The van der Waals surface area contributed by atoms with Crippen molar-refractivity contribution in [2.45, 2.75) is 18.9 Å². The minimum absolute atomic E-state index is 0.0308. The van der Waals surface area contributed by atoms with Crippen LogP contribution in [0.5, 0.6) is 0 Å². The highest BCUT2D eigenvalue weighted by Gasteiger charge is 2.22. The number of carbonyl (C=O) groups is 3. The minimum atomic E-state index is -0.532. The number of amides is 2. The summed E-state index contributed by atoms with van der Waals surface area (Å²) < 4.78 is 4.64. The molecule has 1 aromatic heterocycles. The second-order valence-electron chi connectivity index (χ2n) is 5.66. The van der Waals surface area contributed by atoms with Gasteiger partial charge in [0.25, 0.3) is 5.91 Å². The topological polar surface area (TPSA) is 97.4 Å². The zero-order valence-corrected chi connectivity index (χ0v) is 13.6. The average Bonchev–Trinajstić information content (AvgIpc) is 3.08. The maximum absolute atomic E-state index is 12.4. The molecule has 0 saturated carbocycles. The van der Waals surface area contributed by atoms with Crippen LogP contribution in [-0.4, -0.2) is 29.9 Å². The van der Waals surface area contributed by atoms with E-state index in [1.165, 1.54) is 25.4 Å². The molecule has 25 heavy (non-hydrogen) atoms. The molecular weight excluding hydrogens is 322 g/mol. The quantitative estimate of drug-likeness (QED) is 0.831. The van der Waals surface area contributed by atoms with E-state index in [0.717, 1.165) is 12.0 Å². The molecule has 1 unspecified atom stereocenters. The van der Waals surface area contributed by atoms with Gasteiger partial charge in [0.2, 0.25) is 5.91 Å². The summed E-state index contributed by atoms with van der Waals surface area (Å²) in [6, 6.07) is 10.1. The third-order valence-corrected chi connectivity index (χ3v) is 3.96. The van der Waals surface area contributed by atoms with E-state index in [4.69, 9.17) is 0 Å². The molecular formula is C18H17N3O4. The van der Waals surface area contributed by atoms with E-state index in [1.807, 2.05) is 18.2 Å². The van der Waals surface area contributed by atoms with Gasteiger partial charge in [0, 0.05) is 18.3 Å². The van der Waals surface area contributed by atoms with Gasteiger partial charge in [-0.25, -0.2) is 4.79 Å². The number of rotatable bonds is 4. The van der Waals surface area contributed by atoms with Crippen LogP contribution in [0.1, 0.15) is 45.3 Å². The van der Waals surface area contributed by atoms with Crippen molar-refractivity contribution in [2.24, 2.45) is 0 Å². The average molecular weight is 339 g/mol. The predicted octanol–water partition coefficient (Wildman–Crippen LogP) is 2.07. The molecule has 0 bridgehead atoms. The summed E-state index contributed by atoms with van der Waals surface area (Å²) in [6.45, 7) is 0. The lowest BCUT2D eigenvalue weighted by Gasteiger charge is -2.12. The molecule has 1 fully saturated rings. The van der Waals surface area contributed by atoms with Gasteiger partial charge in [0.05, 0.1) is 18.7 Å². The van der Waals surface area contributed by atoms with E-state index < -0.39 is 11.9 Å². The number of esters is 1. The predicted molar refractivity (Wildman–Crippen MR) is 90.1 cm³/mol. The summed E-state index contributed by atoms with van der Waals surface area (Å²) in [4.78, 5) is 39.3. The van der Waals surface area contributed by atoms with E-state index in [1.54, 1.807) is 6.07 Å². The monoisotopic (exact) mass is 339 g/mol. The van der Waals surface area contributed by atoms with Gasteiger partial charge in [-0.3, -0.25) is 14.6 Å². The van der Waals surface area contributed by atoms with E-state index in [2.05, 4.69) is 20.4 Å². The molecule has 128 valence electrons. The number of methoxy groups -OCH3 is 1. The molecule has 0 spiro atoms. The van der Waals surface area contributed by atoms with Crippen LogP contribution in [0.2, 0.25) is 0 Å². The zero-order valence-electron chi connectivity index (χ0n) is 13.6. The fourth-order valence-electron chi connectivity index (χ4n) is 2.69. The van der Waals surface area contributed by atoms with Gasteiger partial charge in [-0.2, -0.15) is 0 Å². The fourth-order valence-corrected chi connectivity index (χ4v) is 2.69. The number of nitrogens with zero attached hydrogens (tertiary/aromatic N) is 1. The van der Waals surface area contributed by atoms with Crippen LogP contribution >= 0.6 is 0 Å². The van der Waals surface area contributed by atoms with Crippen LogP contribution in [-0.2, 0) is 9.53 Å². The number of hydrogen-bond donors (Lipinski definition) is 2. The molecule has 7 heteroatoms. The zero-order chi connectivity index (χ0) is 17.8. The molecule has 1 aliphatic heterocycles. The maximum atomic E-state index is 12.4. The molecule has 2 amide bonds. The van der Waals surface area contributed by atoms with Gasteiger partial charge in [0.1, 0.15) is 5.69 Å². The third-order valence-electron chi connectivity index (χ3n) is 3.96. The first-order valence-electron chi connectivity index (χ1n) is 7.82. The van der Waals surface area contributed by atoms with Crippen molar-refractivity contribution >= 4 is 23.5 Å². The Kier molecular flexibility index (Phi) is 4.74. The Morgan fingerprint density at radius 1 is 1.28 bits per heavy atom. The summed E-state index contributed by atoms with van der Waals surface area (Å²) >= 11 is 0. The van der Waals surface area contributed by atoms with Crippen molar-refractivity contribution in [3.8, 4) is 0 Å². The Balaban J connectivity index is 1.75. The van der Waals surface area contributed by atoms with Gasteiger partial charge >= 0.3 is 5.97 Å². The molecule has 2 aromatic rings. The van der Waals surface area contributed by atoms with E-state index in [0.29, 0.717) is 12.1 Å². The third kappa shape index (κ3) is 3.82. The van der Waals surface area contributed by atoms with Crippen LogP contribution < -0.4 is 10.6 Å². The van der Waals surface area contributed by atoms with Crippen molar-refractivity contribution in [3.63, 3.8) is 0 Å². The largest absolute Gasteiger partial charge is 0.465 e. The lowest BCUT2D eigenvalue weighted by atomic mass is 10.0. The van der Waals surface area contributed by atoms with E-state index in [-0.39, 0.29) is 23.2 Å². The lowest BCUT2D eigenvalue weighted by Crippen LogP contribution is -2.19. The Bertz CT molecular complexity index is 835. The van der Waals surface area contributed by atoms with Crippen molar-refractivity contribution in [2.75, 3.05) is 12.4 Å². The number of aromatic nitrogens is 1. The molecule has 0 aliphatic carbocycles. The van der Waals surface area contributed by atoms with Gasteiger partial charge < -0.3 is 15.4 Å². The van der Waals surface area contributed by atoms with Crippen LogP contribution in [0.3, 0.4) is 0 Å². The highest BCUT2D eigenvalue weighted by atomic mass is 16.5.